The monoisotopic (exact) mass is 335 g/mol. The smallest absolute Gasteiger partial charge is 0.335 e. The lowest BCUT2D eigenvalue weighted by Crippen LogP contribution is -2.46. The highest BCUT2D eigenvalue weighted by Gasteiger charge is 2.42. The lowest BCUT2D eigenvalue weighted by Gasteiger charge is -2.31. The van der Waals surface area contributed by atoms with Crippen LogP contribution in [0, 0.1) is 5.92 Å². The van der Waals surface area contributed by atoms with Gasteiger partial charge in [0, 0.05) is 13.1 Å². The van der Waals surface area contributed by atoms with Crippen molar-refractivity contribution in [2.45, 2.75) is 50.9 Å². The fourth-order valence-electron chi connectivity index (χ4n) is 2.85. The first-order valence-corrected chi connectivity index (χ1v) is 7.43. The lowest BCUT2D eigenvalue weighted by atomic mass is 9.85. The molecule has 23 heavy (non-hydrogen) atoms. The summed E-state index contributed by atoms with van der Waals surface area (Å²) in [5.41, 5.74) is -0.408. The quantitative estimate of drug-likeness (QED) is 0.783. The first-order chi connectivity index (χ1) is 10.7. The Morgan fingerprint density at radius 2 is 2.13 bits per heavy atom. The van der Waals surface area contributed by atoms with Gasteiger partial charge in [0.2, 0.25) is 0 Å². The molecule has 1 aromatic heterocycles. The molecule has 2 rings (SSSR count). The molecular weight excluding hydrogens is 315 g/mol. The molecule has 130 valence electrons. The number of aromatic nitrogens is 3. The average molecular weight is 335 g/mol. The molecule has 1 aromatic rings. The molecule has 1 aliphatic rings. The molecule has 1 saturated carbocycles. The van der Waals surface area contributed by atoms with Crippen molar-refractivity contribution >= 4 is 6.03 Å². The van der Waals surface area contributed by atoms with Gasteiger partial charge in [-0.1, -0.05) is 6.42 Å². The molecule has 0 aliphatic heterocycles. The fraction of sp³-hybridized carbons (Fsp3) is 0.769. The number of amides is 2. The maximum absolute atomic E-state index is 12.8. The number of hydrogen-bond acceptors (Lipinski definition) is 3. The highest BCUT2D eigenvalue weighted by atomic mass is 19.4. The molecule has 3 N–H and O–H groups in total. The SMILES string of the molecule is CC(NC(=O)NC1CCCC(C(F)(F)F)C1)c1n[nH]c(=O)n1C. The Kier molecular flexibility index (Phi) is 5.00. The van der Waals surface area contributed by atoms with Crippen LogP contribution in [-0.2, 0) is 7.05 Å². The van der Waals surface area contributed by atoms with E-state index in [4.69, 9.17) is 0 Å². The van der Waals surface area contributed by atoms with Crippen LogP contribution in [-0.4, -0.2) is 33.0 Å². The van der Waals surface area contributed by atoms with E-state index in [1.807, 2.05) is 0 Å². The zero-order valence-corrected chi connectivity index (χ0v) is 12.9. The van der Waals surface area contributed by atoms with E-state index in [0.29, 0.717) is 18.7 Å². The molecule has 1 fully saturated rings. The van der Waals surface area contributed by atoms with Gasteiger partial charge in [-0.25, -0.2) is 14.7 Å². The third-order valence-electron chi connectivity index (χ3n) is 4.12. The summed E-state index contributed by atoms with van der Waals surface area (Å²) in [6.45, 7) is 1.63. The number of rotatable bonds is 3. The highest BCUT2D eigenvalue weighted by molar-refractivity contribution is 5.74. The van der Waals surface area contributed by atoms with Gasteiger partial charge in [0.05, 0.1) is 12.0 Å². The number of nitrogens with zero attached hydrogens (tertiary/aromatic N) is 2. The van der Waals surface area contributed by atoms with Crippen molar-refractivity contribution in [2.24, 2.45) is 13.0 Å². The molecule has 0 spiro atoms. The molecule has 2 amide bonds. The Bertz CT molecular complexity index is 609. The molecule has 1 heterocycles. The molecule has 0 aromatic carbocycles. The Morgan fingerprint density at radius 1 is 1.43 bits per heavy atom. The topological polar surface area (TPSA) is 91.8 Å². The second kappa shape index (κ2) is 6.63. The van der Waals surface area contributed by atoms with E-state index in [9.17, 15) is 22.8 Å². The molecular formula is C13H20F3N5O2. The minimum absolute atomic E-state index is 0.105. The number of hydrogen-bond donors (Lipinski definition) is 3. The van der Waals surface area contributed by atoms with Crippen LogP contribution in [0.5, 0.6) is 0 Å². The second-order valence-electron chi connectivity index (χ2n) is 5.89. The predicted molar refractivity (Wildman–Crippen MR) is 75.7 cm³/mol. The fourth-order valence-corrected chi connectivity index (χ4v) is 2.85. The Morgan fingerprint density at radius 3 is 2.70 bits per heavy atom. The number of H-pyrrole nitrogens is 1. The normalized spacial score (nSPS) is 23.3. The molecule has 1 aliphatic carbocycles. The molecule has 0 radical (unpaired) electrons. The van der Waals surface area contributed by atoms with Gasteiger partial charge in [0.25, 0.3) is 0 Å². The summed E-state index contributed by atoms with van der Waals surface area (Å²) in [5.74, 6) is -1.03. The van der Waals surface area contributed by atoms with Gasteiger partial charge in [0.1, 0.15) is 0 Å². The number of nitrogens with one attached hydrogen (secondary N) is 3. The van der Waals surface area contributed by atoms with E-state index in [1.54, 1.807) is 6.92 Å². The molecule has 10 heteroatoms. The van der Waals surface area contributed by atoms with Crippen molar-refractivity contribution < 1.29 is 18.0 Å². The van der Waals surface area contributed by atoms with E-state index in [1.165, 1.54) is 11.6 Å². The van der Waals surface area contributed by atoms with Gasteiger partial charge in [-0.3, -0.25) is 4.57 Å². The molecule has 0 saturated heterocycles. The van der Waals surface area contributed by atoms with Crippen molar-refractivity contribution in [1.82, 2.24) is 25.4 Å². The van der Waals surface area contributed by atoms with Crippen molar-refractivity contribution in [3.63, 3.8) is 0 Å². The molecule has 7 nitrogen and oxygen atoms in total. The van der Waals surface area contributed by atoms with Crippen LogP contribution in [0.3, 0.4) is 0 Å². The van der Waals surface area contributed by atoms with Crippen LogP contribution in [0.4, 0.5) is 18.0 Å². The number of aromatic amines is 1. The number of urea groups is 1. The van der Waals surface area contributed by atoms with Crippen LogP contribution in [0.2, 0.25) is 0 Å². The van der Waals surface area contributed by atoms with Gasteiger partial charge in [-0.05, 0) is 26.2 Å². The van der Waals surface area contributed by atoms with Gasteiger partial charge < -0.3 is 10.6 Å². The van der Waals surface area contributed by atoms with Crippen LogP contribution in [0.1, 0.15) is 44.5 Å². The lowest BCUT2D eigenvalue weighted by molar-refractivity contribution is -0.183. The summed E-state index contributed by atoms with van der Waals surface area (Å²) in [4.78, 5) is 23.2. The number of carbonyl (C=O) groups is 1. The predicted octanol–water partition coefficient (Wildman–Crippen LogP) is 1.59. The Labute approximate surface area is 130 Å². The number of halogens is 3. The summed E-state index contributed by atoms with van der Waals surface area (Å²) < 4.78 is 39.5. The zero-order valence-electron chi connectivity index (χ0n) is 12.9. The van der Waals surface area contributed by atoms with E-state index in [2.05, 4.69) is 20.8 Å². The first kappa shape index (κ1) is 17.4. The van der Waals surface area contributed by atoms with Crippen molar-refractivity contribution in [1.29, 1.82) is 0 Å². The van der Waals surface area contributed by atoms with Crippen molar-refractivity contribution in [3.05, 3.63) is 16.3 Å². The van der Waals surface area contributed by atoms with Crippen LogP contribution in [0.25, 0.3) is 0 Å². The van der Waals surface area contributed by atoms with Crippen molar-refractivity contribution in [3.8, 4) is 0 Å². The summed E-state index contributed by atoms with van der Waals surface area (Å²) in [6.07, 6.45) is -3.27. The largest absolute Gasteiger partial charge is 0.391 e. The maximum Gasteiger partial charge on any atom is 0.391 e. The van der Waals surface area contributed by atoms with E-state index >= 15 is 0 Å². The Balaban J connectivity index is 1.89. The van der Waals surface area contributed by atoms with E-state index in [0.717, 1.165) is 0 Å². The first-order valence-electron chi connectivity index (χ1n) is 7.43. The van der Waals surface area contributed by atoms with E-state index in [-0.39, 0.29) is 12.8 Å². The van der Waals surface area contributed by atoms with Gasteiger partial charge in [0.15, 0.2) is 5.82 Å². The summed E-state index contributed by atoms with van der Waals surface area (Å²) in [7, 11) is 1.51. The number of alkyl halides is 3. The molecule has 3 unspecified atom stereocenters. The van der Waals surface area contributed by atoms with E-state index < -0.39 is 35.9 Å². The van der Waals surface area contributed by atoms with Gasteiger partial charge in [-0.2, -0.15) is 18.3 Å². The second-order valence-corrected chi connectivity index (χ2v) is 5.89. The standard InChI is InChI=1S/C13H20F3N5O2/c1-7(10-19-20-12(23)21(10)2)17-11(22)18-9-5-3-4-8(6-9)13(14,15)16/h7-9H,3-6H2,1-2H3,(H,20,23)(H2,17,18,22). The minimum atomic E-state index is -4.22. The maximum atomic E-state index is 12.8. The summed E-state index contributed by atoms with van der Waals surface area (Å²) in [5, 5.41) is 11.2. The third kappa shape index (κ3) is 4.26. The zero-order chi connectivity index (χ0) is 17.2. The van der Waals surface area contributed by atoms with Crippen LogP contribution >= 0.6 is 0 Å². The average Bonchev–Trinajstić information content (AvgIpc) is 2.78. The molecule has 0 bridgehead atoms. The molecule has 3 atom stereocenters. The summed E-state index contributed by atoms with van der Waals surface area (Å²) in [6, 6.07) is -1.63. The van der Waals surface area contributed by atoms with Crippen LogP contribution in [0.15, 0.2) is 4.79 Å². The van der Waals surface area contributed by atoms with Gasteiger partial charge in [-0.15, -0.1) is 0 Å². The third-order valence-corrected chi connectivity index (χ3v) is 4.12. The van der Waals surface area contributed by atoms with Gasteiger partial charge >= 0.3 is 17.9 Å². The Hall–Kier alpha value is -2.00. The highest BCUT2D eigenvalue weighted by Crippen LogP contribution is 2.37. The van der Waals surface area contributed by atoms with Crippen LogP contribution < -0.4 is 16.3 Å². The van der Waals surface area contributed by atoms with Crippen molar-refractivity contribution in [2.75, 3.05) is 0 Å². The minimum Gasteiger partial charge on any atom is -0.335 e. The number of carbonyl (C=O) groups excluding carboxylic acids is 1. The summed E-state index contributed by atoms with van der Waals surface area (Å²) >= 11 is 0.